The molecule has 5 aliphatic carbocycles. The predicted molar refractivity (Wildman–Crippen MR) is 155 cm³/mol. The molecule has 5 aliphatic rings. The number of halogens is 1. The van der Waals surface area contributed by atoms with E-state index in [1.807, 2.05) is 0 Å². The van der Waals surface area contributed by atoms with E-state index in [0.717, 1.165) is 32.1 Å². The van der Waals surface area contributed by atoms with Gasteiger partial charge in [0.05, 0.1) is 0 Å². The summed E-state index contributed by atoms with van der Waals surface area (Å²) in [4.78, 5) is 24.4. The summed E-state index contributed by atoms with van der Waals surface area (Å²) in [7, 11) is 0. The normalized spacial score (nSPS) is 47.6. The largest absolute Gasteiger partial charge is 0.462 e. The van der Waals surface area contributed by atoms with Crippen molar-refractivity contribution in [3.8, 4) is 0 Å². The molecule has 0 heterocycles. The standard InChI is InChI=1S/C34H53ClO3/c1-21(2)23-10-17-34(20-27(35)37)19-18-30(6)24(28(23)34)11-15-33(9)31(7)14-13-26(38-22(3)36)29(4,5)25(31)12-16-32(30,33)8/h21,24-26H,10-20H2,1-9H3/t24?,25-,26-,30+,31-,32-,33+,34?/m0/s1. The van der Waals surface area contributed by atoms with Gasteiger partial charge < -0.3 is 4.74 Å². The molecule has 0 amide bonds. The van der Waals surface area contributed by atoms with Crippen LogP contribution in [-0.2, 0) is 14.3 Å². The molecule has 5 rings (SSSR count). The zero-order valence-electron chi connectivity index (χ0n) is 25.7. The van der Waals surface area contributed by atoms with Gasteiger partial charge in [-0.3, -0.25) is 9.59 Å². The molecule has 4 fully saturated rings. The zero-order valence-corrected chi connectivity index (χ0v) is 26.4. The van der Waals surface area contributed by atoms with Gasteiger partial charge in [-0.1, -0.05) is 66.5 Å². The summed E-state index contributed by atoms with van der Waals surface area (Å²) in [5.74, 6) is 1.49. The van der Waals surface area contributed by atoms with Crippen LogP contribution in [0.1, 0.15) is 133 Å². The van der Waals surface area contributed by atoms with E-state index in [1.165, 1.54) is 32.1 Å². The number of carbonyl (C=O) groups is 2. The molecule has 0 N–H and O–H groups in total. The van der Waals surface area contributed by atoms with Crippen LogP contribution < -0.4 is 0 Å². The van der Waals surface area contributed by atoms with E-state index < -0.39 is 0 Å². The van der Waals surface area contributed by atoms with E-state index in [4.69, 9.17) is 16.3 Å². The van der Waals surface area contributed by atoms with Gasteiger partial charge in [-0.25, -0.2) is 0 Å². The minimum absolute atomic E-state index is 0.00208. The fourth-order valence-corrected chi connectivity index (χ4v) is 12.4. The molecule has 0 bridgehead atoms. The monoisotopic (exact) mass is 544 g/mol. The molecule has 214 valence electrons. The quantitative estimate of drug-likeness (QED) is 0.201. The highest BCUT2D eigenvalue weighted by atomic mass is 35.5. The summed E-state index contributed by atoms with van der Waals surface area (Å²) in [6.07, 6.45) is 12.1. The van der Waals surface area contributed by atoms with Gasteiger partial charge >= 0.3 is 5.97 Å². The van der Waals surface area contributed by atoms with Gasteiger partial charge in [0.25, 0.3) is 0 Å². The van der Waals surface area contributed by atoms with Crippen molar-refractivity contribution in [2.75, 3.05) is 0 Å². The Morgan fingerprint density at radius 2 is 1.50 bits per heavy atom. The molecule has 8 atom stereocenters. The number of carbonyl (C=O) groups excluding carboxylic acids is 2. The van der Waals surface area contributed by atoms with Crippen molar-refractivity contribution >= 4 is 22.8 Å². The number of fused-ring (bicyclic) bond motifs is 7. The fraction of sp³-hybridized carbons (Fsp3) is 0.882. The first-order chi connectivity index (χ1) is 17.5. The maximum atomic E-state index is 12.4. The summed E-state index contributed by atoms with van der Waals surface area (Å²) < 4.78 is 5.94. The number of hydrogen-bond donors (Lipinski definition) is 0. The Balaban J connectivity index is 1.58. The Morgan fingerprint density at radius 3 is 2.11 bits per heavy atom. The second kappa shape index (κ2) is 8.83. The highest BCUT2D eigenvalue weighted by molar-refractivity contribution is 6.63. The average molecular weight is 545 g/mol. The molecule has 0 aliphatic heterocycles. The number of esters is 1. The van der Waals surface area contributed by atoms with Crippen LogP contribution in [0.3, 0.4) is 0 Å². The molecule has 0 aromatic carbocycles. The van der Waals surface area contributed by atoms with Gasteiger partial charge in [-0.15, -0.1) is 0 Å². The molecular formula is C34H53ClO3. The van der Waals surface area contributed by atoms with Crippen molar-refractivity contribution in [3.63, 3.8) is 0 Å². The minimum atomic E-state index is -0.150. The Kier molecular flexibility index (Phi) is 6.67. The van der Waals surface area contributed by atoms with Crippen LogP contribution in [0.2, 0.25) is 0 Å². The number of allylic oxidation sites excluding steroid dienone is 2. The molecule has 0 radical (unpaired) electrons. The Labute approximate surface area is 237 Å². The molecular weight excluding hydrogens is 492 g/mol. The first kappa shape index (κ1) is 28.7. The van der Waals surface area contributed by atoms with E-state index in [-0.39, 0.29) is 49.8 Å². The fourth-order valence-electron chi connectivity index (χ4n) is 12.1. The van der Waals surface area contributed by atoms with Gasteiger partial charge in [0.2, 0.25) is 5.24 Å². The van der Waals surface area contributed by atoms with Crippen LogP contribution in [0.25, 0.3) is 0 Å². The van der Waals surface area contributed by atoms with Crippen LogP contribution in [0, 0.1) is 50.2 Å². The maximum absolute atomic E-state index is 12.4. The lowest BCUT2D eigenvalue weighted by atomic mass is 9.28. The van der Waals surface area contributed by atoms with Crippen molar-refractivity contribution < 1.29 is 14.3 Å². The molecule has 4 heteroatoms. The third-order valence-electron chi connectivity index (χ3n) is 14.5. The van der Waals surface area contributed by atoms with Crippen molar-refractivity contribution in [3.05, 3.63) is 11.1 Å². The molecule has 0 aromatic heterocycles. The smallest absolute Gasteiger partial charge is 0.302 e. The molecule has 4 saturated carbocycles. The van der Waals surface area contributed by atoms with Gasteiger partial charge in [0.1, 0.15) is 6.10 Å². The van der Waals surface area contributed by atoms with E-state index in [0.29, 0.717) is 24.2 Å². The second-order valence-electron chi connectivity index (χ2n) is 16.0. The number of hydrogen-bond acceptors (Lipinski definition) is 3. The highest BCUT2D eigenvalue weighted by Crippen LogP contribution is 2.81. The van der Waals surface area contributed by atoms with Crippen LogP contribution in [-0.4, -0.2) is 17.3 Å². The Morgan fingerprint density at radius 1 is 0.868 bits per heavy atom. The van der Waals surface area contributed by atoms with Crippen molar-refractivity contribution in [2.45, 2.75) is 139 Å². The van der Waals surface area contributed by atoms with Gasteiger partial charge in [-0.2, -0.15) is 0 Å². The first-order valence-corrected chi connectivity index (χ1v) is 16.0. The highest BCUT2D eigenvalue weighted by Gasteiger charge is 2.74. The third kappa shape index (κ3) is 3.51. The molecule has 0 saturated heterocycles. The van der Waals surface area contributed by atoms with E-state index in [1.54, 1.807) is 18.1 Å². The lowest BCUT2D eigenvalue weighted by Crippen LogP contribution is -2.70. The van der Waals surface area contributed by atoms with Gasteiger partial charge in [0, 0.05) is 24.2 Å². The third-order valence-corrected chi connectivity index (χ3v) is 14.7. The van der Waals surface area contributed by atoms with Crippen molar-refractivity contribution in [1.29, 1.82) is 0 Å². The SMILES string of the molecule is CC(=O)O[C@H]1CC[C@@]2(C)[C@@H](CC[C@]3(C)[C@]2(C)CCC2C4=C(C(C)C)CCC4(CC(=O)Cl)CC[C@]23C)C1(C)C. The van der Waals surface area contributed by atoms with Crippen molar-refractivity contribution in [1.82, 2.24) is 0 Å². The van der Waals surface area contributed by atoms with Crippen LogP contribution in [0.15, 0.2) is 11.1 Å². The molecule has 0 spiro atoms. The maximum Gasteiger partial charge on any atom is 0.302 e. The van der Waals surface area contributed by atoms with Gasteiger partial charge in [0.15, 0.2) is 0 Å². The first-order valence-electron chi connectivity index (χ1n) is 15.6. The average Bonchev–Trinajstić information content (AvgIpc) is 3.17. The minimum Gasteiger partial charge on any atom is -0.462 e. The van der Waals surface area contributed by atoms with Crippen LogP contribution >= 0.6 is 11.6 Å². The lowest BCUT2D eigenvalue weighted by Gasteiger charge is -2.76. The topological polar surface area (TPSA) is 43.4 Å². The van der Waals surface area contributed by atoms with Crippen molar-refractivity contribution in [2.24, 2.45) is 50.2 Å². The van der Waals surface area contributed by atoms with Crippen LogP contribution in [0.5, 0.6) is 0 Å². The van der Waals surface area contributed by atoms with E-state index in [2.05, 4.69) is 55.4 Å². The number of rotatable bonds is 4. The summed E-state index contributed by atoms with van der Waals surface area (Å²) in [6.45, 7) is 21.6. The predicted octanol–water partition coefficient (Wildman–Crippen LogP) is 9.27. The summed E-state index contributed by atoms with van der Waals surface area (Å²) in [5, 5.41) is -0.150. The molecule has 3 nitrogen and oxygen atoms in total. The second-order valence-corrected chi connectivity index (χ2v) is 16.5. The molecule has 0 aromatic rings. The van der Waals surface area contributed by atoms with E-state index >= 15 is 0 Å². The number of ether oxygens (including phenoxy) is 1. The zero-order chi connectivity index (χ0) is 28.1. The van der Waals surface area contributed by atoms with Gasteiger partial charge in [-0.05, 0) is 115 Å². The summed E-state index contributed by atoms with van der Waals surface area (Å²) >= 11 is 6.14. The molecule has 2 unspecified atom stereocenters. The molecule has 38 heavy (non-hydrogen) atoms. The van der Waals surface area contributed by atoms with Crippen LogP contribution in [0.4, 0.5) is 0 Å². The summed E-state index contributed by atoms with van der Waals surface area (Å²) in [5.41, 5.74) is 4.14. The lowest BCUT2D eigenvalue weighted by molar-refractivity contribution is -0.277. The Hall–Kier alpha value is -0.830. The summed E-state index contributed by atoms with van der Waals surface area (Å²) in [6, 6.07) is 0. The van der Waals surface area contributed by atoms with E-state index in [9.17, 15) is 9.59 Å². The Bertz CT molecular complexity index is 1060.